The number of likely N-dealkylation sites (N-methyl/N-ethyl adjacent to an activating group) is 1. The van der Waals surface area contributed by atoms with E-state index in [1.54, 1.807) is 7.05 Å². The molecule has 0 spiro atoms. The number of benzene rings is 1. The number of nitrogens with one attached hydrogen (secondary N) is 2. The largest absolute Gasteiger partial charge is 0.348 e. The average Bonchev–Trinajstić information content (AvgIpc) is 2.18. The standard InChI is InChI=1S/C11H15BrN2O.ClH/c1-8(14-11(15)7-13-2)9-5-3-4-6-10(9)12;/h3-6,8,13H,7H2,1-2H3,(H,14,15);1H. The van der Waals surface area contributed by atoms with Crippen molar-refractivity contribution in [1.29, 1.82) is 0 Å². The normalized spacial score (nSPS) is 11.4. The summed E-state index contributed by atoms with van der Waals surface area (Å²) in [6.07, 6.45) is 0. The summed E-state index contributed by atoms with van der Waals surface area (Å²) in [5.41, 5.74) is 1.09. The maximum Gasteiger partial charge on any atom is 0.234 e. The highest BCUT2D eigenvalue weighted by atomic mass is 79.9. The molecule has 0 saturated heterocycles. The Morgan fingerprint density at radius 1 is 1.44 bits per heavy atom. The average molecular weight is 308 g/mol. The first-order valence-electron chi connectivity index (χ1n) is 4.83. The predicted molar refractivity (Wildman–Crippen MR) is 71.9 cm³/mol. The summed E-state index contributed by atoms with van der Waals surface area (Å²) in [5.74, 6) is 0.000697. The van der Waals surface area contributed by atoms with Gasteiger partial charge in [0.1, 0.15) is 0 Å². The van der Waals surface area contributed by atoms with Crippen LogP contribution in [0.4, 0.5) is 0 Å². The Balaban J connectivity index is 0.00000225. The van der Waals surface area contributed by atoms with Gasteiger partial charge in [0, 0.05) is 4.47 Å². The van der Waals surface area contributed by atoms with Crippen LogP contribution in [0.5, 0.6) is 0 Å². The molecule has 0 aromatic heterocycles. The summed E-state index contributed by atoms with van der Waals surface area (Å²) in [6, 6.07) is 7.89. The van der Waals surface area contributed by atoms with Crippen molar-refractivity contribution < 1.29 is 4.79 Å². The molecule has 16 heavy (non-hydrogen) atoms. The summed E-state index contributed by atoms with van der Waals surface area (Å²) in [7, 11) is 1.75. The topological polar surface area (TPSA) is 41.1 Å². The summed E-state index contributed by atoms with van der Waals surface area (Å²) >= 11 is 3.46. The van der Waals surface area contributed by atoms with Crippen LogP contribution in [0.1, 0.15) is 18.5 Å². The maximum atomic E-state index is 11.3. The van der Waals surface area contributed by atoms with Gasteiger partial charge in [0.05, 0.1) is 12.6 Å². The van der Waals surface area contributed by atoms with Gasteiger partial charge in [0.25, 0.3) is 0 Å². The molecule has 0 fully saturated rings. The van der Waals surface area contributed by atoms with Crippen molar-refractivity contribution in [2.45, 2.75) is 13.0 Å². The first-order valence-corrected chi connectivity index (χ1v) is 5.63. The van der Waals surface area contributed by atoms with Gasteiger partial charge >= 0.3 is 0 Å². The number of halogens is 2. The minimum absolute atomic E-state index is 0. The minimum Gasteiger partial charge on any atom is -0.348 e. The molecule has 90 valence electrons. The van der Waals surface area contributed by atoms with Crippen LogP contribution in [-0.4, -0.2) is 19.5 Å². The molecule has 0 radical (unpaired) electrons. The molecule has 0 heterocycles. The van der Waals surface area contributed by atoms with E-state index in [-0.39, 0.29) is 24.4 Å². The van der Waals surface area contributed by atoms with E-state index in [0.29, 0.717) is 6.54 Å². The quantitative estimate of drug-likeness (QED) is 0.896. The van der Waals surface area contributed by atoms with E-state index < -0.39 is 0 Å². The van der Waals surface area contributed by atoms with Gasteiger partial charge in [-0.05, 0) is 25.6 Å². The Labute approximate surface area is 111 Å². The van der Waals surface area contributed by atoms with Crippen LogP contribution in [-0.2, 0) is 4.79 Å². The lowest BCUT2D eigenvalue weighted by atomic mass is 10.1. The number of amides is 1. The highest BCUT2D eigenvalue weighted by Gasteiger charge is 2.10. The fourth-order valence-electron chi connectivity index (χ4n) is 1.36. The molecule has 3 nitrogen and oxygen atoms in total. The zero-order valence-corrected chi connectivity index (χ0v) is 11.7. The van der Waals surface area contributed by atoms with E-state index in [4.69, 9.17) is 0 Å². The van der Waals surface area contributed by atoms with Crippen LogP contribution in [0, 0.1) is 0 Å². The number of carbonyl (C=O) groups is 1. The van der Waals surface area contributed by atoms with Gasteiger partial charge in [-0.1, -0.05) is 34.1 Å². The molecule has 1 amide bonds. The van der Waals surface area contributed by atoms with Crippen molar-refractivity contribution in [3.63, 3.8) is 0 Å². The number of hydrogen-bond acceptors (Lipinski definition) is 2. The Hall–Kier alpha value is -0.580. The van der Waals surface area contributed by atoms with Crippen LogP contribution in [0.15, 0.2) is 28.7 Å². The second-order valence-electron chi connectivity index (χ2n) is 3.34. The second-order valence-corrected chi connectivity index (χ2v) is 4.20. The lowest BCUT2D eigenvalue weighted by molar-refractivity contribution is -0.120. The van der Waals surface area contributed by atoms with Gasteiger partial charge in [-0.3, -0.25) is 4.79 Å². The molecule has 1 aromatic rings. The number of hydrogen-bond donors (Lipinski definition) is 2. The molecule has 1 unspecified atom stereocenters. The molecular formula is C11H16BrClN2O. The summed E-state index contributed by atoms with van der Waals surface area (Å²) in [6.45, 7) is 2.31. The Morgan fingerprint density at radius 2 is 2.06 bits per heavy atom. The van der Waals surface area contributed by atoms with E-state index in [1.165, 1.54) is 0 Å². The van der Waals surface area contributed by atoms with Crippen molar-refractivity contribution in [2.24, 2.45) is 0 Å². The fourth-order valence-corrected chi connectivity index (χ4v) is 1.99. The van der Waals surface area contributed by atoms with Gasteiger partial charge in [0.2, 0.25) is 5.91 Å². The monoisotopic (exact) mass is 306 g/mol. The fraction of sp³-hybridized carbons (Fsp3) is 0.364. The van der Waals surface area contributed by atoms with Crippen LogP contribution in [0.25, 0.3) is 0 Å². The van der Waals surface area contributed by atoms with Crippen LogP contribution in [0.2, 0.25) is 0 Å². The van der Waals surface area contributed by atoms with Crippen molar-refractivity contribution in [1.82, 2.24) is 10.6 Å². The first kappa shape index (κ1) is 15.4. The molecule has 1 aromatic carbocycles. The van der Waals surface area contributed by atoms with E-state index >= 15 is 0 Å². The Bertz CT molecular complexity index is 347. The SMILES string of the molecule is CNCC(=O)NC(C)c1ccccc1Br.Cl. The summed E-state index contributed by atoms with van der Waals surface area (Å²) in [5, 5.41) is 5.72. The third-order valence-electron chi connectivity index (χ3n) is 2.09. The van der Waals surface area contributed by atoms with E-state index in [0.717, 1.165) is 10.0 Å². The molecule has 5 heteroatoms. The van der Waals surface area contributed by atoms with E-state index in [1.807, 2.05) is 31.2 Å². The smallest absolute Gasteiger partial charge is 0.234 e. The lowest BCUT2D eigenvalue weighted by Crippen LogP contribution is -2.34. The number of rotatable bonds is 4. The summed E-state index contributed by atoms with van der Waals surface area (Å²) < 4.78 is 1.02. The molecule has 0 aliphatic rings. The molecule has 0 aliphatic carbocycles. The van der Waals surface area contributed by atoms with Gasteiger partial charge in [-0.2, -0.15) is 0 Å². The third-order valence-corrected chi connectivity index (χ3v) is 2.81. The molecule has 0 bridgehead atoms. The molecule has 2 N–H and O–H groups in total. The maximum absolute atomic E-state index is 11.3. The highest BCUT2D eigenvalue weighted by Crippen LogP contribution is 2.22. The minimum atomic E-state index is 0. The lowest BCUT2D eigenvalue weighted by Gasteiger charge is -2.15. The Morgan fingerprint density at radius 3 is 2.62 bits per heavy atom. The molecule has 1 atom stereocenters. The van der Waals surface area contributed by atoms with Crippen LogP contribution >= 0.6 is 28.3 Å². The summed E-state index contributed by atoms with van der Waals surface area (Å²) in [4.78, 5) is 11.3. The van der Waals surface area contributed by atoms with Gasteiger partial charge < -0.3 is 10.6 Å². The van der Waals surface area contributed by atoms with Crippen LogP contribution in [0.3, 0.4) is 0 Å². The number of carbonyl (C=O) groups excluding carboxylic acids is 1. The van der Waals surface area contributed by atoms with Crippen molar-refractivity contribution in [2.75, 3.05) is 13.6 Å². The van der Waals surface area contributed by atoms with Crippen LogP contribution < -0.4 is 10.6 Å². The predicted octanol–water partition coefficient (Wildman–Crippen LogP) is 2.27. The first-order chi connectivity index (χ1) is 7.15. The molecular weight excluding hydrogens is 291 g/mol. The van der Waals surface area contributed by atoms with E-state index in [2.05, 4.69) is 26.6 Å². The highest BCUT2D eigenvalue weighted by molar-refractivity contribution is 9.10. The van der Waals surface area contributed by atoms with Gasteiger partial charge in [0.15, 0.2) is 0 Å². The zero-order valence-electron chi connectivity index (χ0n) is 9.29. The third kappa shape index (κ3) is 4.51. The van der Waals surface area contributed by atoms with Crippen molar-refractivity contribution >= 4 is 34.2 Å². The Kier molecular flexibility index (Phi) is 7.38. The van der Waals surface area contributed by atoms with Crippen molar-refractivity contribution in [3.8, 4) is 0 Å². The zero-order chi connectivity index (χ0) is 11.3. The van der Waals surface area contributed by atoms with E-state index in [9.17, 15) is 4.79 Å². The second kappa shape index (κ2) is 7.65. The molecule has 0 saturated carbocycles. The van der Waals surface area contributed by atoms with Crippen molar-refractivity contribution in [3.05, 3.63) is 34.3 Å². The molecule has 1 rings (SSSR count). The van der Waals surface area contributed by atoms with Gasteiger partial charge in [-0.25, -0.2) is 0 Å². The van der Waals surface area contributed by atoms with Gasteiger partial charge in [-0.15, -0.1) is 12.4 Å². The molecule has 0 aliphatic heterocycles.